The molecule has 0 spiro atoms. The Labute approximate surface area is 130 Å². The van der Waals surface area contributed by atoms with E-state index in [0.29, 0.717) is 31.9 Å². The van der Waals surface area contributed by atoms with Gasteiger partial charge in [-0.05, 0) is 24.3 Å². The van der Waals surface area contributed by atoms with Crippen LogP contribution in [-0.4, -0.2) is 16.1 Å². The van der Waals surface area contributed by atoms with Crippen molar-refractivity contribution >= 4 is 46.6 Å². The smallest absolute Gasteiger partial charge is 0.309 e. The molecule has 7 heteroatoms. The molecule has 0 aliphatic rings. The molecular weight excluding hydrogens is 323 g/mol. The Balaban J connectivity index is 2.51. The summed E-state index contributed by atoms with van der Waals surface area (Å²) in [5.41, 5.74) is 7.31. The van der Waals surface area contributed by atoms with E-state index in [1.54, 1.807) is 18.2 Å². The first-order valence-corrected chi connectivity index (χ1v) is 6.64. The molecule has 0 aliphatic heterocycles. The molecule has 2 rings (SSSR count). The lowest BCUT2D eigenvalue weighted by atomic mass is 10.1. The summed E-state index contributed by atoms with van der Waals surface area (Å²) in [6.07, 6.45) is -0.200. The van der Waals surface area contributed by atoms with Gasteiger partial charge in [0.1, 0.15) is 5.82 Å². The van der Waals surface area contributed by atoms with Crippen LogP contribution in [0.15, 0.2) is 24.3 Å². The van der Waals surface area contributed by atoms with Gasteiger partial charge >= 0.3 is 5.97 Å². The van der Waals surface area contributed by atoms with E-state index in [-0.39, 0.29) is 12.2 Å². The predicted octanol–water partition coefficient (Wildman–Crippen LogP) is 3.92. The highest BCUT2D eigenvalue weighted by atomic mass is 35.5. The van der Waals surface area contributed by atoms with Gasteiger partial charge in [0.25, 0.3) is 0 Å². The van der Waals surface area contributed by atoms with E-state index in [1.165, 1.54) is 6.07 Å². The van der Waals surface area contributed by atoms with E-state index in [0.717, 1.165) is 0 Å². The first-order valence-electron chi connectivity index (χ1n) is 5.50. The third-order valence-electron chi connectivity index (χ3n) is 2.60. The van der Waals surface area contributed by atoms with Crippen LogP contribution in [0.4, 0.5) is 5.82 Å². The number of nitrogens with zero attached hydrogens (tertiary/aromatic N) is 1. The minimum Gasteiger partial charge on any atom is -0.481 e. The fourth-order valence-corrected chi connectivity index (χ4v) is 2.45. The van der Waals surface area contributed by atoms with Gasteiger partial charge in [-0.1, -0.05) is 34.8 Å². The van der Waals surface area contributed by atoms with Gasteiger partial charge in [-0.3, -0.25) is 4.79 Å². The SMILES string of the molecule is Nc1nc(CC(=O)O)ccc1-c1cc(Cl)cc(Cl)c1Cl. The molecule has 0 saturated carbocycles. The molecular formula is C13H9Cl3N2O2. The number of pyridine rings is 1. The molecule has 20 heavy (non-hydrogen) atoms. The van der Waals surface area contributed by atoms with Crippen molar-refractivity contribution in [1.29, 1.82) is 0 Å². The summed E-state index contributed by atoms with van der Waals surface area (Å²) in [6, 6.07) is 6.37. The first-order chi connectivity index (χ1) is 9.38. The van der Waals surface area contributed by atoms with Crippen LogP contribution in [-0.2, 0) is 11.2 Å². The maximum Gasteiger partial charge on any atom is 0.309 e. The van der Waals surface area contributed by atoms with Gasteiger partial charge in [-0.15, -0.1) is 0 Å². The lowest BCUT2D eigenvalue weighted by molar-refractivity contribution is -0.136. The van der Waals surface area contributed by atoms with E-state index in [1.807, 2.05) is 0 Å². The molecule has 0 aliphatic carbocycles. The van der Waals surface area contributed by atoms with Crippen molar-refractivity contribution < 1.29 is 9.90 Å². The average Bonchev–Trinajstić information content (AvgIpc) is 2.33. The lowest BCUT2D eigenvalue weighted by Gasteiger charge is -2.10. The Morgan fingerprint density at radius 2 is 1.90 bits per heavy atom. The number of rotatable bonds is 3. The Kier molecular flexibility index (Phi) is 4.38. The molecule has 0 unspecified atom stereocenters. The zero-order chi connectivity index (χ0) is 14.9. The topological polar surface area (TPSA) is 76.2 Å². The summed E-state index contributed by atoms with van der Waals surface area (Å²) in [5.74, 6) is -0.808. The van der Waals surface area contributed by atoms with Crippen LogP contribution in [0.5, 0.6) is 0 Å². The van der Waals surface area contributed by atoms with E-state index >= 15 is 0 Å². The quantitative estimate of drug-likeness (QED) is 0.836. The summed E-state index contributed by atoms with van der Waals surface area (Å²) in [4.78, 5) is 14.7. The number of hydrogen-bond acceptors (Lipinski definition) is 3. The van der Waals surface area contributed by atoms with E-state index in [9.17, 15) is 4.79 Å². The molecule has 104 valence electrons. The van der Waals surface area contributed by atoms with E-state index < -0.39 is 5.97 Å². The molecule has 1 aromatic carbocycles. The number of nitrogen functional groups attached to an aromatic ring is 1. The van der Waals surface area contributed by atoms with Crippen molar-refractivity contribution in [3.05, 3.63) is 45.0 Å². The highest BCUT2D eigenvalue weighted by Gasteiger charge is 2.13. The van der Waals surface area contributed by atoms with Crippen LogP contribution < -0.4 is 5.73 Å². The number of carboxylic acid groups (broad SMARTS) is 1. The lowest BCUT2D eigenvalue weighted by Crippen LogP contribution is -2.05. The average molecular weight is 332 g/mol. The second-order valence-corrected chi connectivity index (χ2v) is 5.28. The molecule has 3 N–H and O–H groups in total. The van der Waals surface area contributed by atoms with Crippen molar-refractivity contribution in [1.82, 2.24) is 4.98 Å². The third kappa shape index (κ3) is 3.15. The van der Waals surface area contributed by atoms with Crippen molar-refractivity contribution in [2.45, 2.75) is 6.42 Å². The number of aromatic nitrogens is 1. The summed E-state index contributed by atoms with van der Waals surface area (Å²) in [6.45, 7) is 0. The molecule has 0 radical (unpaired) electrons. The number of aliphatic carboxylic acids is 1. The van der Waals surface area contributed by atoms with Crippen LogP contribution in [0.25, 0.3) is 11.1 Å². The molecule has 0 fully saturated rings. The van der Waals surface area contributed by atoms with Crippen LogP contribution in [0.1, 0.15) is 5.69 Å². The number of hydrogen-bond donors (Lipinski definition) is 2. The number of nitrogens with two attached hydrogens (primary N) is 1. The minimum atomic E-state index is -0.978. The third-order valence-corrected chi connectivity index (χ3v) is 3.62. The summed E-state index contributed by atoms with van der Waals surface area (Å²) in [7, 11) is 0. The zero-order valence-corrected chi connectivity index (χ0v) is 12.3. The van der Waals surface area contributed by atoms with Crippen LogP contribution in [0.2, 0.25) is 15.1 Å². The summed E-state index contributed by atoms with van der Waals surface area (Å²) in [5, 5.41) is 9.77. The van der Waals surface area contributed by atoms with Gasteiger partial charge in [0.05, 0.1) is 22.2 Å². The second kappa shape index (κ2) is 5.87. The van der Waals surface area contributed by atoms with Gasteiger partial charge in [0.15, 0.2) is 0 Å². The van der Waals surface area contributed by atoms with Crippen LogP contribution >= 0.6 is 34.8 Å². The van der Waals surface area contributed by atoms with Crippen molar-refractivity contribution in [3.8, 4) is 11.1 Å². The Hall–Kier alpha value is -1.49. The van der Waals surface area contributed by atoms with Gasteiger partial charge in [0, 0.05) is 16.1 Å². The summed E-state index contributed by atoms with van der Waals surface area (Å²) < 4.78 is 0. The highest BCUT2D eigenvalue weighted by Crippen LogP contribution is 2.38. The number of benzene rings is 1. The monoisotopic (exact) mass is 330 g/mol. The van der Waals surface area contributed by atoms with Gasteiger partial charge < -0.3 is 10.8 Å². The minimum absolute atomic E-state index is 0.170. The van der Waals surface area contributed by atoms with Crippen LogP contribution in [0.3, 0.4) is 0 Å². The number of halogens is 3. The van der Waals surface area contributed by atoms with Crippen molar-refractivity contribution in [2.24, 2.45) is 0 Å². The fraction of sp³-hybridized carbons (Fsp3) is 0.0769. The Bertz CT molecular complexity index is 690. The Morgan fingerprint density at radius 3 is 2.50 bits per heavy atom. The Morgan fingerprint density at radius 1 is 1.20 bits per heavy atom. The molecule has 0 amide bonds. The fourth-order valence-electron chi connectivity index (χ4n) is 1.75. The van der Waals surface area contributed by atoms with Gasteiger partial charge in [-0.25, -0.2) is 4.98 Å². The molecule has 0 atom stereocenters. The van der Waals surface area contributed by atoms with E-state index in [2.05, 4.69) is 4.98 Å². The molecule has 2 aromatic rings. The predicted molar refractivity (Wildman–Crippen MR) is 80.5 cm³/mol. The highest BCUT2D eigenvalue weighted by molar-refractivity contribution is 6.45. The number of anilines is 1. The standard InChI is InChI=1S/C13H9Cl3N2O2/c14-6-3-9(12(16)10(15)4-6)8-2-1-7(5-11(19)20)18-13(8)17/h1-4H,5H2,(H2,17,18)(H,19,20). The molecule has 1 heterocycles. The van der Waals surface area contributed by atoms with Gasteiger partial charge in [-0.2, -0.15) is 0 Å². The number of carbonyl (C=O) groups is 1. The molecule has 0 saturated heterocycles. The van der Waals surface area contributed by atoms with Gasteiger partial charge in [0.2, 0.25) is 0 Å². The molecule has 0 bridgehead atoms. The van der Waals surface area contributed by atoms with Crippen molar-refractivity contribution in [2.75, 3.05) is 5.73 Å². The molecule has 4 nitrogen and oxygen atoms in total. The van der Waals surface area contributed by atoms with Crippen molar-refractivity contribution in [3.63, 3.8) is 0 Å². The normalized spacial score (nSPS) is 10.6. The first kappa shape index (κ1) is 14.9. The summed E-state index contributed by atoms with van der Waals surface area (Å²) >= 11 is 18.0. The maximum atomic E-state index is 10.6. The van der Waals surface area contributed by atoms with Crippen LogP contribution in [0, 0.1) is 0 Å². The zero-order valence-electron chi connectivity index (χ0n) is 10.0. The second-order valence-electron chi connectivity index (χ2n) is 4.06. The molecule has 1 aromatic heterocycles. The van der Waals surface area contributed by atoms with E-state index in [4.69, 9.17) is 45.6 Å². The maximum absolute atomic E-state index is 10.6. The largest absolute Gasteiger partial charge is 0.481 e. The number of carboxylic acids is 1.